The average Bonchev–Trinajstić information content (AvgIpc) is 3.10. The number of anilines is 2. The lowest BCUT2D eigenvalue weighted by atomic mass is 9.93. The standard InChI is InChI=1S/C41H49N5O3/c1-6-7-8-9-10-11-25-46-39-35(19-14-22-43-39)36(31-15-12-16-32(26-31)49-27-30-20-23-42-24-21-30)38(40(46)47)45-41(48)44-37-33(28(2)3)17-13-18-34(37)29(4)5/h12-24,26,28-29H,6-11,25,27H2,1-5H3,(H2,44,45,48). The summed E-state index contributed by atoms with van der Waals surface area (Å²) >= 11 is 0. The number of aryl methyl sites for hydroxylation is 1. The normalized spacial score (nSPS) is 11.3. The number of nitrogens with zero attached hydrogens (tertiary/aromatic N) is 3. The van der Waals surface area contributed by atoms with Gasteiger partial charge in [0.15, 0.2) is 0 Å². The Balaban J connectivity index is 1.57. The largest absolute Gasteiger partial charge is 0.489 e. The van der Waals surface area contributed by atoms with Gasteiger partial charge in [0.1, 0.15) is 23.7 Å². The number of hydrogen-bond acceptors (Lipinski definition) is 5. The molecule has 3 heterocycles. The van der Waals surface area contributed by atoms with Gasteiger partial charge in [-0.15, -0.1) is 0 Å². The maximum Gasteiger partial charge on any atom is 0.323 e. The second-order valence-corrected chi connectivity index (χ2v) is 13.2. The van der Waals surface area contributed by atoms with E-state index in [-0.39, 0.29) is 23.1 Å². The zero-order chi connectivity index (χ0) is 34.8. The molecule has 0 aliphatic carbocycles. The lowest BCUT2D eigenvalue weighted by molar-refractivity contribution is 0.262. The van der Waals surface area contributed by atoms with E-state index in [1.807, 2.05) is 66.7 Å². The molecule has 0 spiro atoms. The second kappa shape index (κ2) is 16.9. The molecule has 2 N–H and O–H groups in total. The highest BCUT2D eigenvalue weighted by atomic mass is 16.5. The molecule has 0 aliphatic heterocycles. The molecule has 0 atom stereocenters. The molecular formula is C41H49N5O3. The Kier molecular flexibility index (Phi) is 12.2. The van der Waals surface area contributed by atoms with E-state index < -0.39 is 6.03 Å². The Morgan fingerprint density at radius 2 is 1.47 bits per heavy atom. The van der Waals surface area contributed by atoms with Crippen LogP contribution in [0.15, 0.2) is 90.1 Å². The number of rotatable bonds is 15. The highest BCUT2D eigenvalue weighted by molar-refractivity contribution is 6.07. The Bertz CT molecular complexity index is 1890. The fourth-order valence-electron chi connectivity index (χ4n) is 6.29. The molecular weight excluding hydrogens is 610 g/mol. The Labute approximate surface area is 290 Å². The summed E-state index contributed by atoms with van der Waals surface area (Å²) in [6.07, 6.45) is 11.8. The van der Waals surface area contributed by atoms with Crippen LogP contribution in [-0.2, 0) is 13.2 Å². The minimum Gasteiger partial charge on any atom is -0.489 e. The van der Waals surface area contributed by atoms with Crippen molar-refractivity contribution in [3.8, 4) is 16.9 Å². The molecule has 3 aromatic heterocycles. The smallest absolute Gasteiger partial charge is 0.323 e. The summed E-state index contributed by atoms with van der Waals surface area (Å²) < 4.78 is 7.88. The van der Waals surface area contributed by atoms with Gasteiger partial charge >= 0.3 is 6.03 Å². The van der Waals surface area contributed by atoms with Crippen molar-refractivity contribution >= 4 is 28.4 Å². The zero-order valence-electron chi connectivity index (χ0n) is 29.5. The summed E-state index contributed by atoms with van der Waals surface area (Å²) in [6.45, 7) is 11.5. The topological polar surface area (TPSA) is 98.1 Å². The quantitative estimate of drug-likeness (QED) is 0.109. The number of benzene rings is 2. The number of carbonyl (C=O) groups excluding carboxylic acids is 1. The van der Waals surface area contributed by atoms with Crippen LogP contribution in [0.3, 0.4) is 0 Å². The molecule has 2 aromatic carbocycles. The molecule has 5 aromatic rings. The molecule has 5 rings (SSSR count). The maximum atomic E-state index is 14.5. The van der Waals surface area contributed by atoms with E-state index in [0.29, 0.717) is 30.1 Å². The van der Waals surface area contributed by atoms with Crippen LogP contribution in [-0.4, -0.2) is 20.6 Å². The van der Waals surface area contributed by atoms with E-state index in [9.17, 15) is 9.59 Å². The fraction of sp³-hybridized carbons (Fsp3) is 0.366. The first-order valence-corrected chi connectivity index (χ1v) is 17.6. The predicted molar refractivity (Wildman–Crippen MR) is 201 cm³/mol. The van der Waals surface area contributed by atoms with Gasteiger partial charge in [0.05, 0.1) is 0 Å². The van der Waals surface area contributed by atoms with Crippen LogP contribution < -0.4 is 20.9 Å². The first-order chi connectivity index (χ1) is 23.8. The van der Waals surface area contributed by atoms with Gasteiger partial charge in [-0.05, 0) is 76.9 Å². The monoisotopic (exact) mass is 659 g/mol. The Morgan fingerprint density at radius 3 is 2.18 bits per heavy atom. The lowest BCUT2D eigenvalue weighted by Gasteiger charge is -2.22. The van der Waals surface area contributed by atoms with E-state index in [1.165, 1.54) is 19.3 Å². The molecule has 0 radical (unpaired) electrons. The third-order valence-corrected chi connectivity index (χ3v) is 8.88. The van der Waals surface area contributed by atoms with Crippen molar-refractivity contribution in [3.05, 3.63) is 112 Å². The fourth-order valence-corrected chi connectivity index (χ4v) is 6.29. The van der Waals surface area contributed by atoms with Crippen LogP contribution in [0.2, 0.25) is 0 Å². The number of aromatic nitrogens is 3. The lowest BCUT2D eigenvalue weighted by Crippen LogP contribution is -2.30. The van der Waals surface area contributed by atoms with Crippen LogP contribution in [0.25, 0.3) is 22.2 Å². The summed E-state index contributed by atoms with van der Waals surface area (Å²) in [5.74, 6) is 1.03. The molecule has 0 aliphatic rings. The van der Waals surface area contributed by atoms with Gasteiger partial charge in [0.2, 0.25) is 0 Å². The number of unbranched alkanes of at least 4 members (excludes halogenated alkanes) is 5. The summed E-state index contributed by atoms with van der Waals surface area (Å²) in [6, 6.07) is 21.0. The Morgan fingerprint density at radius 1 is 0.796 bits per heavy atom. The van der Waals surface area contributed by atoms with Gasteiger partial charge in [-0.3, -0.25) is 14.3 Å². The van der Waals surface area contributed by atoms with Crippen molar-refractivity contribution in [2.24, 2.45) is 0 Å². The Hall–Kier alpha value is -4.98. The molecule has 0 saturated carbocycles. The molecule has 8 nitrogen and oxygen atoms in total. The van der Waals surface area contributed by atoms with E-state index in [4.69, 9.17) is 9.72 Å². The van der Waals surface area contributed by atoms with Gasteiger partial charge in [-0.25, -0.2) is 9.78 Å². The van der Waals surface area contributed by atoms with Gasteiger partial charge < -0.3 is 15.4 Å². The summed E-state index contributed by atoms with van der Waals surface area (Å²) in [5, 5.41) is 6.95. The van der Waals surface area contributed by atoms with Gasteiger partial charge in [-0.2, -0.15) is 0 Å². The molecule has 49 heavy (non-hydrogen) atoms. The van der Waals surface area contributed by atoms with Gasteiger partial charge in [-0.1, -0.05) is 97.1 Å². The maximum absolute atomic E-state index is 14.5. The zero-order valence-corrected chi connectivity index (χ0v) is 29.5. The number of nitrogens with one attached hydrogen (secondary N) is 2. The van der Waals surface area contributed by atoms with Crippen LogP contribution in [0, 0.1) is 0 Å². The highest BCUT2D eigenvalue weighted by Gasteiger charge is 2.23. The minimum atomic E-state index is -0.465. The predicted octanol–water partition coefficient (Wildman–Crippen LogP) is 10.3. The number of amides is 2. The third kappa shape index (κ3) is 8.74. The second-order valence-electron chi connectivity index (χ2n) is 13.2. The number of hydrogen-bond donors (Lipinski definition) is 2. The van der Waals surface area contributed by atoms with Crippen molar-refractivity contribution < 1.29 is 9.53 Å². The third-order valence-electron chi connectivity index (χ3n) is 8.88. The van der Waals surface area contributed by atoms with Crippen molar-refractivity contribution in [3.63, 3.8) is 0 Å². The summed E-state index contributed by atoms with van der Waals surface area (Å²) in [5.41, 5.74) is 5.75. The first kappa shape index (κ1) is 35.3. The van der Waals surface area contributed by atoms with E-state index >= 15 is 0 Å². The number of urea groups is 1. The number of fused-ring (bicyclic) bond motifs is 1. The summed E-state index contributed by atoms with van der Waals surface area (Å²) in [4.78, 5) is 37.3. The number of ether oxygens (including phenoxy) is 1. The van der Waals surface area contributed by atoms with E-state index in [1.54, 1.807) is 23.2 Å². The molecule has 8 heteroatoms. The van der Waals surface area contributed by atoms with Crippen LogP contribution in [0.4, 0.5) is 16.2 Å². The van der Waals surface area contributed by atoms with Gasteiger partial charge in [0.25, 0.3) is 5.56 Å². The van der Waals surface area contributed by atoms with Crippen molar-refractivity contribution in [2.45, 2.75) is 98.1 Å². The van der Waals surface area contributed by atoms with Crippen molar-refractivity contribution in [1.82, 2.24) is 14.5 Å². The SMILES string of the molecule is CCCCCCCCn1c(=O)c(NC(=O)Nc2c(C(C)C)cccc2C(C)C)c(-c2cccc(OCc3ccncc3)c2)c2cccnc21. The molecule has 0 unspecified atom stereocenters. The van der Waals surface area contributed by atoms with Crippen molar-refractivity contribution in [2.75, 3.05) is 10.6 Å². The number of carbonyl (C=O) groups is 1. The molecule has 0 saturated heterocycles. The van der Waals surface area contributed by atoms with Crippen LogP contribution >= 0.6 is 0 Å². The molecule has 256 valence electrons. The van der Waals surface area contributed by atoms with Crippen molar-refractivity contribution in [1.29, 1.82) is 0 Å². The van der Waals surface area contributed by atoms with Crippen LogP contribution in [0.5, 0.6) is 5.75 Å². The van der Waals surface area contributed by atoms with Gasteiger partial charge in [0, 0.05) is 41.8 Å². The number of para-hydroxylation sites is 1. The van der Waals surface area contributed by atoms with E-state index in [2.05, 4.69) is 50.2 Å². The van der Waals surface area contributed by atoms with Crippen LogP contribution in [0.1, 0.15) is 102 Å². The number of pyridine rings is 3. The minimum absolute atomic E-state index is 0.195. The average molecular weight is 660 g/mol. The highest BCUT2D eigenvalue weighted by Crippen LogP contribution is 2.36. The summed E-state index contributed by atoms with van der Waals surface area (Å²) in [7, 11) is 0. The molecule has 2 amide bonds. The molecule has 0 bridgehead atoms. The van der Waals surface area contributed by atoms with E-state index in [0.717, 1.165) is 52.6 Å². The first-order valence-electron chi connectivity index (χ1n) is 17.6. The molecule has 0 fully saturated rings.